The fourth-order valence-electron chi connectivity index (χ4n) is 2.43. The maximum atomic E-state index is 11.3. The van der Waals surface area contributed by atoms with Crippen molar-refractivity contribution in [3.63, 3.8) is 0 Å². The monoisotopic (exact) mass is 243 g/mol. The first kappa shape index (κ1) is 14.3. The summed E-state index contributed by atoms with van der Waals surface area (Å²) in [5.74, 6) is 0.135. The average Bonchev–Trinajstić information content (AvgIpc) is 2.34. The van der Waals surface area contributed by atoms with Crippen LogP contribution in [-0.2, 0) is 0 Å². The quantitative estimate of drug-likeness (QED) is 0.659. The number of amides is 2. The van der Waals surface area contributed by atoms with E-state index in [0.717, 1.165) is 25.8 Å². The molecule has 0 aromatic carbocycles. The van der Waals surface area contributed by atoms with Crippen LogP contribution >= 0.6 is 0 Å². The van der Waals surface area contributed by atoms with Crippen molar-refractivity contribution in [2.75, 3.05) is 19.6 Å². The van der Waals surface area contributed by atoms with Gasteiger partial charge in [0.15, 0.2) is 0 Å². The van der Waals surface area contributed by atoms with Crippen molar-refractivity contribution >= 4 is 6.03 Å². The molecule has 1 fully saturated rings. The highest BCUT2D eigenvalue weighted by molar-refractivity contribution is 5.72. The van der Waals surface area contributed by atoms with Crippen LogP contribution in [0.25, 0.3) is 0 Å². The molecule has 0 bridgehead atoms. The number of piperidine rings is 1. The number of nitrogens with zero attached hydrogens (tertiary/aromatic N) is 1. The van der Waals surface area contributed by atoms with E-state index in [1.54, 1.807) is 4.90 Å². The summed E-state index contributed by atoms with van der Waals surface area (Å²) in [4.78, 5) is 12.9. The van der Waals surface area contributed by atoms with Crippen molar-refractivity contribution in [2.45, 2.75) is 45.3 Å². The summed E-state index contributed by atoms with van der Waals surface area (Å²) in [5, 5.41) is 13.3. The lowest BCUT2D eigenvalue weighted by Gasteiger charge is -2.39. The highest BCUT2D eigenvalue weighted by Crippen LogP contribution is 2.21. The highest BCUT2D eigenvalue weighted by Gasteiger charge is 2.31. The van der Waals surface area contributed by atoms with Gasteiger partial charge in [0, 0.05) is 25.0 Å². The fourth-order valence-corrected chi connectivity index (χ4v) is 2.43. The number of carbonyl (C=O) groups excluding carboxylic acids is 1. The summed E-state index contributed by atoms with van der Waals surface area (Å²) in [6.07, 6.45) is 2.35. The van der Waals surface area contributed by atoms with E-state index < -0.39 is 0 Å². The van der Waals surface area contributed by atoms with Crippen LogP contribution in [-0.4, -0.2) is 47.8 Å². The van der Waals surface area contributed by atoms with Crippen molar-refractivity contribution < 1.29 is 9.90 Å². The number of nitrogens with one attached hydrogen (secondary N) is 1. The van der Waals surface area contributed by atoms with Gasteiger partial charge in [0.25, 0.3) is 0 Å². The van der Waals surface area contributed by atoms with Gasteiger partial charge in [-0.2, -0.15) is 0 Å². The molecular weight excluding hydrogens is 218 g/mol. The second kappa shape index (κ2) is 6.81. The summed E-state index contributed by atoms with van der Waals surface area (Å²) in [6.45, 7) is 6.24. The maximum absolute atomic E-state index is 11.3. The molecule has 0 saturated carbocycles. The summed E-state index contributed by atoms with van der Waals surface area (Å²) in [6, 6.07) is -0.135. The van der Waals surface area contributed by atoms with E-state index in [-0.39, 0.29) is 24.1 Å². The summed E-state index contributed by atoms with van der Waals surface area (Å²) in [7, 11) is 0. The first-order valence-corrected chi connectivity index (χ1v) is 6.54. The Kier molecular flexibility index (Phi) is 5.71. The van der Waals surface area contributed by atoms with Crippen molar-refractivity contribution in [1.82, 2.24) is 10.2 Å². The molecule has 5 nitrogen and oxygen atoms in total. The van der Waals surface area contributed by atoms with Gasteiger partial charge in [-0.3, -0.25) is 0 Å². The van der Waals surface area contributed by atoms with Gasteiger partial charge in [0.1, 0.15) is 0 Å². The third-order valence-corrected chi connectivity index (χ3v) is 3.44. The molecule has 0 radical (unpaired) electrons. The van der Waals surface area contributed by atoms with Crippen LogP contribution in [0.1, 0.15) is 33.1 Å². The predicted octanol–water partition coefficient (Wildman–Crippen LogP) is 0.526. The lowest BCUT2D eigenvalue weighted by Crippen LogP contribution is -2.54. The smallest absolute Gasteiger partial charge is 0.314 e. The molecule has 0 aromatic heterocycles. The van der Waals surface area contributed by atoms with Gasteiger partial charge in [-0.25, -0.2) is 4.79 Å². The van der Waals surface area contributed by atoms with E-state index in [9.17, 15) is 9.90 Å². The van der Waals surface area contributed by atoms with Crippen molar-refractivity contribution in [2.24, 2.45) is 11.7 Å². The number of primary amides is 1. The van der Waals surface area contributed by atoms with Gasteiger partial charge < -0.3 is 21.1 Å². The molecule has 1 heterocycles. The second-order valence-corrected chi connectivity index (χ2v) is 4.87. The Hall–Kier alpha value is -0.810. The van der Waals surface area contributed by atoms with E-state index in [1.165, 1.54) is 0 Å². The van der Waals surface area contributed by atoms with Crippen LogP contribution in [0.3, 0.4) is 0 Å². The molecule has 0 spiro atoms. The maximum Gasteiger partial charge on any atom is 0.314 e. The first-order valence-electron chi connectivity index (χ1n) is 6.54. The molecule has 1 aliphatic heterocycles. The zero-order valence-electron chi connectivity index (χ0n) is 10.9. The van der Waals surface area contributed by atoms with Gasteiger partial charge in [-0.15, -0.1) is 0 Å². The van der Waals surface area contributed by atoms with Crippen molar-refractivity contribution in [3.8, 4) is 0 Å². The number of aliphatic hydroxyl groups is 1. The topological polar surface area (TPSA) is 78.6 Å². The molecular formula is C12H25N3O2. The summed E-state index contributed by atoms with van der Waals surface area (Å²) in [5.41, 5.74) is 5.34. The molecule has 100 valence electrons. The highest BCUT2D eigenvalue weighted by atomic mass is 16.3. The van der Waals surface area contributed by atoms with Gasteiger partial charge in [0.05, 0.1) is 6.10 Å². The number of rotatable bonds is 5. The first-order chi connectivity index (χ1) is 8.08. The van der Waals surface area contributed by atoms with Crippen LogP contribution < -0.4 is 11.1 Å². The molecule has 17 heavy (non-hydrogen) atoms. The van der Waals surface area contributed by atoms with Crippen molar-refractivity contribution in [1.29, 1.82) is 0 Å². The minimum atomic E-state index is -0.388. The van der Waals surface area contributed by atoms with E-state index >= 15 is 0 Å². The minimum absolute atomic E-state index is 0.135. The zero-order chi connectivity index (χ0) is 12.8. The Bertz CT molecular complexity index is 248. The van der Waals surface area contributed by atoms with Crippen LogP contribution in [0.5, 0.6) is 0 Å². The lowest BCUT2D eigenvalue weighted by molar-refractivity contribution is 0.0488. The Morgan fingerprint density at radius 3 is 2.76 bits per heavy atom. The third kappa shape index (κ3) is 4.16. The molecule has 4 N–H and O–H groups in total. The van der Waals surface area contributed by atoms with E-state index in [4.69, 9.17) is 5.73 Å². The van der Waals surface area contributed by atoms with Gasteiger partial charge in [-0.05, 0) is 25.8 Å². The standard InChI is InChI=1S/C12H25N3O2/c1-3-5-14-10-6-9(11(16)4-2)7-15(8-10)12(13)17/h9-11,14,16H,3-8H2,1-2H3,(H2,13,17). The lowest BCUT2D eigenvalue weighted by atomic mass is 9.88. The number of likely N-dealkylation sites (tertiary alicyclic amines) is 1. The Morgan fingerprint density at radius 2 is 2.24 bits per heavy atom. The largest absolute Gasteiger partial charge is 0.393 e. The molecule has 1 aliphatic rings. The molecule has 0 aromatic rings. The molecule has 1 rings (SSSR count). The number of carbonyl (C=O) groups is 1. The van der Waals surface area contributed by atoms with Gasteiger partial charge in [-0.1, -0.05) is 13.8 Å². The van der Waals surface area contributed by atoms with Crippen LogP contribution in [0.4, 0.5) is 4.79 Å². The summed E-state index contributed by atoms with van der Waals surface area (Å²) < 4.78 is 0. The number of urea groups is 1. The van der Waals surface area contributed by atoms with E-state index in [2.05, 4.69) is 12.2 Å². The van der Waals surface area contributed by atoms with E-state index in [0.29, 0.717) is 13.1 Å². The fraction of sp³-hybridized carbons (Fsp3) is 0.917. The van der Waals surface area contributed by atoms with E-state index in [1.807, 2.05) is 6.92 Å². The number of hydrogen-bond acceptors (Lipinski definition) is 3. The molecule has 0 aliphatic carbocycles. The second-order valence-electron chi connectivity index (χ2n) is 4.87. The van der Waals surface area contributed by atoms with Gasteiger partial charge >= 0.3 is 6.03 Å². The Labute approximate surface area is 103 Å². The molecule has 2 amide bonds. The van der Waals surface area contributed by atoms with Gasteiger partial charge in [0.2, 0.25) is 0 Å². The number of nitrogens with two attached hydrogens (primary N) is 1. The molecule has 3 atom stereocenters. The van der Waals surface area contributed by atoms with Crippen LogP contribution in [0.15, 0.2) is 0 Å². The molecule has 5 heteroatoms. The zero-order valence-corrected chi connectivity index (χ0v) is 10.9. The predicted molar refractivity (Wildman–Crippen MR) is 67.6 cm³/mol. The SMILES string of the molecule is CCCNC1CC(C(O)CC)CN(C(N)=O)C1. The number of aliphatic hydroxyl groups excluding tert-OH is 1. The minimum Gasteiger partial charge on any atom is -0.393 e. The number of hydrogen-bond donors (Lipinski definition) is 3. The Morgan fingerprint density at radius 1 is 1.53 bits per heavy atom. The Balaban J connectivity index is 2.58. The third-order valence-electron chi connectivity index (χ3n) is 3.44. The van der Waals surface area contributed by atoms with Crippen molar-refractivity contribution in [3.05, 3.63) is 0 Å². The van der Waals surface area contributed by atoms with Crippen LogP contribution in [0.2, 0.25) is 0 Å². The normalized spacial score (nSPS) is 26.9. The average molecular weight is 243 g/mol. The molecule has 1 saturated heterocycles. The van der Waals surface area contributed by atoms with Crippen LogP contribution in [0, 0.1) is 5.92 Å². The summed E-state index contributed by atoms with van der Waals surface area (Å²) >= 11 is 0. The molecule has 3 unspecified atom stereocenters.